The van der Waals surface area contributed by atoms with E-state index in [4.69, 9.17) is 10.7 Å². The molecular formula is C24H22IN5S. The molecule has 0 aliphatic heterocycles. The number of halogens is 1. The van der Waals surface area contributed by atoms with Gasteiger partial charge >= 0.3 is 0 Å². The summed E-state index contributed by atoms with van der Waals surface area (Å²) >= 11 is 1.61. The van der Waals surface area contributed by atoms with E-state index in [2.05, 4.69) is 51.5 Å². The Balaban J connectivity index is 0.00000231. The molecule has 0 bridgehead atoms. The van der Waals surface area contributed by atoms with Crippen LogP contribution in [0.2, 0.25) is 0 Å². The van der Waals surface area contributed by atoms with Gasteiger partial charge in [-0.1, -0.05) is 48.5 Å². The Morgan fingerprint density at radius 2 is 1.87 bits per heavy atom. The molecule has 0 saturated heterocycles. The van der Waals surface area contributed by atoms with E-state index in [0.29, 0.717) is 12.3 Å². The number of para-hydroxylation sites is 1. The number of benzene rings is 2. The number of imidazole rings is 1. The molecule has 0 radical (unpaired) electrons. The summed E-state index contributed by atoms with van der Waals surface area (Å²) in [6.07, 6.45) is 4.61. The molecule has 156 valence electrons. The van der Waals surface area contributed by atoms with Crippen LogP contribution in [0.25, 0.3) is 22.2 Å². The Morgan fingerprint density at radius 3 is 2.68 bits per heavy atom. The lowest BCUT2D eigenvalue weighted by Crippen LogP contribution is -2.16. The number of H-pyrrole nitrogens is 2. The lowest BCUT2D eigenvalue weighted by atomic mass is 10.0. The van der Waals surface area contributed by atoms with E-state index in [-0.39, 0.29) is 30.0 Å². The Labute approximate surface area is 201 Å². The van der Waals surface area contributed by atoms with Crippen LogP contribution in [0.5, 0.6) is 0 Å². The van der Waals surface area contributed by atoms with Gasteiger partial charge in [-0.2, -0.15) is 11.3 Å². The molecule has 5 nitrogen and oxygen atoms in total. The fourth-order valence-corrected chi connectivity index (χ4v) is 4.28. The van der Waals surface area contributed by atoms with Crippen molar-refractivity contribution in [3.63, 3.8) is 0 Å². The number of hydrogen-bond donors (Lipinski definition) is 3. The lowest BCUT2D eigenvalue weighted by molar-refractivity contribution is 0.682. The number of hydrogen-bond acceptors (Lipinski definition) is 3. The number of nitrogens with zero attached hydrogens (tertiary/aromatic N) is 2. The SMILES string of the molecule is I.NC(=N[C@H](Cc1c[nH]c2ccccc12)c1ncc(-c2ccccc2)[nH]1)c1ccsc1. The van der Waals surface area contributed by atoms with Crippen molar-refractivity contribution < 1.29 is 0 Å². The number of thiophene rings is 1. The predicted molar refractivity (Wildman–Crippen MR) is 139 cm³/mol. The molecule has 0 unspecified atom stereocenters. The van der Waals surface area contributed by atoms with Gasteiger partial charge in [0, 0.05) is 34.5 Å². The van der Waals surface area contributed by atoms with E-state index >= 15 is 0 Å². The van der Waals surface area contributed by atoms with E-state index in [1.54, 1.807) is 11.3 Å². The third-order valence-corrected chi connectivity index (χ3v) is 5.88. The molecular weight excluding hydrogens is 517 g/mol. The van der Waals surface area contributed by atoms with E-state index in [0.717, 1.165) is 28.2 Å². The van der Waals surface area contributed by atoms with Crippen molar-refractivity contribution >= 4 is 52.1 Å². The maximum atomic E-state index is 6.34. The summed E-state index contributed by atoms with van der Waals surface area (Å²) in [5, 5.41) is 5.22. The average Bonchev–Trinajstić information content (AvgIpc) is 3.55. The summed E-state index contributed by atoms with van der Waals surface area (Å²) in [6, 6.07) is 20.2. The van der Waals surface area contributed by atoms with Crippen LogP contribution in [0.3, 0.4) is 0 Å². The first-order chi connectivity index (χ1) is 14.8. The van der Waals surface area contributed by atoms with E-state index in [1.165, 1.54) is 10.9 Å². The van der Waals surface area contributed by atoms with Crippen LogP contribution in [-0.2, 0) is 6.42 Å². The molecule has 3 aromatic heterocycles. The Bertz CT molecular complexity index is 1290. The highest BCUT2D eigenvalue weighted by Crippen LogP contribution is 2.28. The van der Waals surface area contributed by atoms with Crippen LogP contribution in [0.4, 0.5) is 0 Å². The van der Waals surface area contributed by atoms with Crippen LogP contribution >= 0.6 is 35.3 Å². The normalized spacial score (nSPS) is 12.6. The highest BCUT2D eigenvalue weighted by Gasteiger charge is 2.19. The minimum Gasteiger partial charge on any atom is -0.383 e. The highest BCUT2D eigenvalue weighted by molar-refractivity contribution is 14.0. The van der Waals surface area contributed by atoms with Crippen molar-refractivity contribution in [1.29, 1.82) is 0 Å². The van der Waals surface area contributed by atoms with Crippen LogP contribution < -0.4 is 5.73 Å². The summed E-state index contributed by atoms with van der Waals surface area (Å²) < 4.78 is 0. The number of amidine groups is 1. The zero-order valence-corrected chi connectivity index (χ0v) is 19.8. The van der Waals surface area contributed by atoms with Gasteiger partial charge in [-0.25, -0.2) is 4.98 Å². The summed E-state index contributed by atoms with van der Waals surface area (Å²) in [7, 11) is 0. The molecule has 0 aliphatic rings. The summed E-state index contributed by atoms with van der Waals surface area (Å²) in [5.41, 5.74) is 11.7. The molecule has 0 fully saturated rings. The molecule has 5 rings (SSSR count). The second-order valence-electron chi connectivity index (χ2n) is 7.15. The van der Waals surface area contributed by atoms with Gasteiger partial charge < -0.3 is 15.7 Å². The first kappa shape index (κ1) is 21.3. The maximum absolute atomic E-state index is 6.34. The van der Waals surface area contributed by atoms with Gasteiger partial charge in [0.1, 0.15) is 17.7 Å². The summed E-state index contributed by atoms with van der Waals surface area (Å²) in [5.74, 6) is 1.33. The van der Waals surface area contributed by atoms with Gasteiger partial charge in [-0.05, 0) is 28.6 Å². The standard InChI is InChI=1S/C24H21N5S.HI/c25-23(17-10-11-30-15-17)28-21(12-18-13-26-20-9-5-4-8-19(18)20)24-27-14-22(29-24)16-6-2-1-3-7-16;/h1-11,13-15,21,26H,12H2,(H2,25,28)(H,27,29);1H/t21-;/m1./s1. The van der Waals surface area contributed by atoms with E-state index in [1.807, 2.05) is 47.3 Å². The number of aromatic amines is 2. The molecule has 0 saturated carbocycles. The third-order valence-electron chi connectivity index (χ3n) is 5.20. The van der Waals surface area contributed by atoms with Crippen molar-refractivity contribution in [2.75, 3.05) is 0 Å². The number of rotatable bonds is 6. The first-order valence-corrected chi connectivity index (χ1v) is 10.7. The molecule has 0 aliphatic carbocycles. The van der Waals surface area contributed by atoms with Crippen LogP contribution in [0, 0.1) is 0 Å². The van der Waals surface area contributed by atoms with Gasteiger partial charge in [0.25, 0.3) is 0 Å². The quantitative estimate of drug-likeness (QED) is 0.142. The van der Waals surface area contributed by atoms with E-state index in [9.17, 15) is 0 Å². The zero-order valence-electron chi connectivity index (χ0n) is 16.7. The van der Waals surface area contributed by atoms with Gasteiger partial charge in [-0.3, -0.25) is 4.99 Å². The van der Waals surface area contributed by atoms with Gasteiger partial charge in [0.2, 0.25) is 0 Å². The third kappa shape index (κ3) is 4.57. The minimum atomic E-state index is -0.221. The molecule has 4 N–H and O–H groups in total. The Morgan fingerprint density at radius 1 is 1.06 bits per heavy atom. The van der Waals surface area contributed by atoms with Crippen LogP contribution in [0.15, 0.2) is 88.8 Å². The summed E-state index contributed by atoms with van der Waals surface area (Å²) in [4.78, 5) is 16.3. The van der Waals surface area contributed by atoms with Crippen molar-refractivity contribution in [1.82, 2.24) is 15.0 Å². The minimum absolute atomic E-state index is 0. The van der Waals surface area contributed by atoms with Gasteiger partial charge in [0.15, 0.2) is 0 Å². The number of aliphatic imine (C=N–C) groups is 1. The smallest absolute Gasteiger partial charge is 0.131 e. The molecule has 3 heterocycles. The molecule has 0 spiro atoms. The molecule has 31 heavy (non-hydrogen) atoms. The fraction of sp³-hybridized carbons (Fsp3) is 0.0833. The van der Waals surface area contributed by atoms with Crippen LogP contribution in [0.1, 0.15) is 23.0 Å². The largest absolute Gasteiger partial charge is 0.383 e. The molecule has 1 atom stereocenters. The maximum Gasteiger partial charge on any atom is 0.131 e. The Kier molecular flexibility index (Phi) is 6.53. The monoisotopic (exact) mass is 539 g/mol. The number of fused-ring (bicyclic) bond motifs is 1. The van der Waals surface area contributed by atoms with Crippen LogP contribution in [-0.4, -0.2) is 20.8 Å². The topological polar surface area (TPSA) is 82.8 Å². The van der Waals surface area contributed by atoms with Gasteiger partial charge in [0.05, 0.1) is 11.9 Å². The first-order valence-electron chi connectivity index (χ1n) is 9.79. The summed E-state index contributed by atoms with van der Waals surface area (Å²) in [6.45, 7) is 0. The van der Waals surface area contributed by atoms with Crippen molar-refractivity contribution in [3.8, 4) is 11.3 Å². The number of nitrogens with two attached hydrogens (primary N) is 1. The second kappa shape index (κ2) is 9.49. The zero-order chi connectivity index (χ0) is 20.3. The molecule has 7 heteroatoms. The highest BCUT2D eigenvalue weighted by atomic mass is 127. The molecule has 2 aromatic carbocycles. The number of aromatic nitrogens is 3. The van der Waals surface area contributed by atoms with E-state index < -0.39 is 0 Å². The molecule has 0 amide bonds. The Hall–Kier alpha value is -2.91. The van der Waals surface area contributed by atoms with Crippen molar-refractivity contribution in [2.45, 2.75) is 12.5 Å². The average molecular weight is 539 g/mol. The predicted octanol–water partition coefficient (Wildman–Crippen LogP) is 5.93. The fourth-order valence-electron chi connectivity index (χ4n) is 3.64. The van der Waals surface area contributed by atoms with Gasteiger partial charge in [-0.15, -0.1) is 24.0 Å². The number of nitrogens with one attached hydrogen (secondary N) is 2. The lowest BCUT2D eigenvalue weighted by Gasteiger charge is -2.11. The van der Waals surface area contributed by atoms with Crippen molar-refractivity contribution in [2.24, 2.45) is 10.7 Å². The molecule has 5 aromatic rings. The van der Waals surface area contributed by atoms with Crippen molar-refractivity contribution in [3.05, 3.63) is 101 Å². The second-order valence-corrected chi connectivity index (χ2v) is 7.93.